The molecular weight excluding hydrogens is 324 g/mol. The molecule has 1 heterocycles. The number of nitrogens with one attached hydrogen (secondary N) is 1. The van der Waals surface area contributed by atoms with E-state index in [-0.39, 0.29) is 23.6 Å². The molecule has 0 aliphatic heterocycles. The Kier molecular flexibility index (Phi) is 5.51. The molecule has 1 aromatic carbocycles. The summed E-state index contributed by atoms with van der Waals surface area (Å²) in [4.78, 5) is 23.1. The minimum Gasteiger partial charge on any atom is -0.481 e. The monoisotopic (exact) mass is 339 g/mol. The highest BCUT2D eigenvalue weighted by molar-refractivity contribution is 5.97. The summed E-state index contributed by atoms with van der Waals surface area (Å²) in [6.45, 7) is -1.42. The largest absolute Gasteiger partial charge is 0.481 e. The van der Waals surface area contributed by atoms with Gasteiger partial charge in [0.15, 0.2) is 0 Å². The standard InChI is InChI=1S/C16H15F2NO5/c1-9-8-23-12(6-13(20)21)14(9)15(22)19-7-10-4-2-3-5-11(10)24-16(17)18/h2-5,8,16H,6-7H2,1H3,(H,19,22)(H,20,21). The molecule has 2 N–H and O–H groups in total. The Hall–Kier alpha value is -2.90. The fourth-order valence-electron chi connectivity index (χ4n) is 2.20. The molecule has 8 heteroatoms. The molecule has 2 aromatic rings. The molecule has 128 valence electrons. The number of rotatable bonds is 7. The van der Waals surface area contributed by atoms with Crippen molar-refractivity contribution in [1.29, 1.82) is 0 Å². The van der Waals surface area contributed by atoms with Gasteiger partial charge < -0.3 is 19.6 Å². The molecule has 6 nitrogen and oxygen atoms in total. The van der Waals surface area contributed by atoms with E-state index in [9.17, 15) is 18.4 Å². The maximum absolute atomic E-state index is 12.4. The Bertz CT molecular complexity index is 742. The Morgan fingerprint density at radius 3 is 2.71 bits per heavy atom. The highest BCUT2D eigenvalue weighted by atomic mass is 19.3. The van der Waals surface area contributed by atoms with Crippen LogP contribution in [-0.2, 0) is 17.8 Å². The van der Waals surface area contributed by atoms with Crippen molar-refractivity contribution in [2.45, 2.75) is 26.5 Å². The molecule has 0 bridgehead atoms. The van der Waals surface area contributed by atoms with E-state index in [4.69, 9.17) is 9.52 Å². The van der Waals surface area contributed by atoms with Gasteiger partial charge in [0.1, 0.15) is 17.9 Å². The first-order valence-corrected chi connectivity index (χ1v) is 6.98. The van der Waals surface area contributed by atoms with Crippen LogP contribution in [0.15, 0.2) is 34.9 Å². The Labute approximate surface area is 136 Å². The summed E-state index contributed by atoms with van der Waals surface area (Å²) in [6, 6.07) is 6.07. The fourth-order valence-corrected chi connectivity index (χ4v) is 2.20. The van der Waals surface area contributed by atoms with E-state index in [1.165, 1.54) is 18.4 Å². The normalized spacial score (nSPS) is 10.7. The lowest BCUT2D eigenvalue weighted by Crippen LogP contribution is -2.25. The van der Waals surface area contributed by atoms with Gasteiger partial charge in [-0.1, -0.05) is 18.2 Å². The summed E-state index contributed by atoms with van der Waals surface area (Å²) < 4.78 is 34.2. The molecule has 24 heavy (non-hydrogen) atoms. The van der Waals surface area contributed by atoms with Crippen molar-refractivity contribution in [2.75, 3.05) is 0 Å². The highest BCUT2D eigenvalue weighted by Gasteiger charge is 2.20. The number of para-hydroxylation sites is 1. The average Bonchev–Trinajstić information content (AvgIpc) is 2.85. The molecule has 0 radical (unpaired) electrons. The number of carboxylic acid groups (broad SMARTS) is 1. The van der Waals surface area contributed by atoms with E-state index in [1.54, 1.807) is 19.1 Å². The molecule has 2 rings (SSSR count). The summed E-state index contributed by atoms with van der Waals surface area (Å²) in [5.74, 6) is -1.68. The predicted molar refractivity (Wildman–Crippen MR) is 79.0 cm³/mol. The molecule has 0 saturated heterocycles. The zero-order valence-corrected chi connectivity index (χ0v) is 12.7. The molecule has 1 amide bonds. The molecule has 0 saturated carbocycles. The number of ether oxygens (including phenoxy) is 1. The number of carboxylic acids is 1. The van der Waals surface area contributed by atoms with Gasteiger partial charge in [-0.05, 0) is 13.0 Å². The van der Waals surface area contributed by atoms with Crippen molar-refractivity contribution in [3.63, 3.8) is 0 Å². The fraction of sp³-hybridized carbons (Fsp3) is 0.250. The summed E-state index contributed by atoms with van der Waals surface area (Å²) in [7, 11) is 0. The lowest BCUT2D eigenvalue weighted by atomic mass is 10.1. The number of benzene rings is 1. The molecule has 0 fully saturated rings. The number of halogens is 2. The molecule has 0 spiro atoms. The minimum atomic E-state index is -2.97. The van der Waals surface area contributed by atoms with Gasteiger partial charge in [-0.2, -0.15) is 8.78 Å². The third-order valence-electron chi connectivity index (χ3n) is 3.22. The van der Waals surface area contributed by atoms with Crippen molar-refractivity contribution in [3.05, 3.63) is 53.0 Å². The van der Waals surface area contributed by atoms with Crippen LogP contribution in [0.1, 0.15) is 27.2 Å². The third kappa shape index (κ3) is 4.31. The molecular formula is C16H15F2NO5. The van der Waals surface area contributed by atoms with Crippen LogP contribution >= 0.6 is 0 Å². The van der Waals surface area contributed by atoms with Gasteiger partial charge in [0.2, 0.25) is 0 Å². The van der Waals surface area contributed by atoms with Gasteiger partial charge in [0.05, 0.1) is 11.8 Å². The van der Waals surface area contributed by atoms with Crippen molar-refractivity contribution in [3.8, 4) is 5.75 Å². The van der Waals surface area contributed by atoms with Crippen LogP contribution in [0.2, 0.25) is 0 Å². The average molecular weight is 339 g/mol. The maximum atomic E-state index is 12.4. The highest BCUT2D eigenvalue weighted by Crippen LogP contribution is 2.21. The first kappa shape index (κ1) is 17.5. The van der Waals surface area contributed by atoms with Crippen LogP contribution in [0.4, 0.5) is 8.78 Å². The molecule has 0 aliphatic carbocycles. The number of carbonyl (C=O) groups excluding carboxylic acids is 1. The van der Waals surface area contributed by atoms with Gasteiger partial charge in [0.25, 0.3) is 5.91 Å². The smallest absolute Gasteiger partial charge is 0.387 e. The molecule has 1 aromatic heterocycles. The lowest BCUT2D eigenvalue weighted by Gasteiger charge is -2.11. The van der Waals surface area contributed by atoms with Crippen LogP contribution in [0.25, 0.3) is 0 Å². The number of amides is 1. The van der Waals surface area contributed by atoms with Crippen molar-refractivity contribution < 1.29 is 32.6 Å². The number of alkyl halides is 2. The summed E-state index contributed by atoms with van der Waals surface area (Å²) in [5.41, 5.74) is 0.984. The van der Waals surface area contributed by atoms with Crippen LogP contribution in [0, 0.1) is 6.92 Å². The zero-order chi connectivity index (χ0) is 17.7. The van der Waals surface area contributed by atoms with Gasteiger partial charge in [-0.3, -0.25) is 9.59 Å². The van der Waals surface area contributed by atoms with E-state index in [1.807, 2.05) is 0 Å². The predicted octanol–water partition coefficient (Wildman–Crippen LogP) is 2.75. The zero-order valence-electron chi connectivity index (χ0n) is 12.7. The van der Waals surface area contributed by atoms with Gasteiger partial charge in [-0.15, -0.1) is 0 Å². The van der Waals surface area contributed by atoms with Crippen LogP contribution in [-0.4, -0.2) is 23.6 Å². The van der Waals surface area contributed by atoms with Crippen LogP contribution < -0.4 is 10.1 Å². The van der Waals surface area contributed by atoms with Crippen molar-refractivity contribution in [1.82, 2.24) is 5.32 Å². The second-order valence-electron chi connectivity index (χ2n) is 4.96. The number of aryl methyl sites for hydroxylation is 1. The topological polar surface area (TPSA) is 88.8 Å². The number of furan rings is 1. The van der Waals surface area contributed by atoms with Crippen molar-refractivity contribution in [2.24, 2.45) is 0 Å². The van der Waals surface area contributed by atoms with E-state index >= 15 is 0 Å². The molecule has 0 atom stereocenters. The number of hydrogen-bond donors (Lipinski definition) is 2. The van der Waals surface area contributed by atoms with Gasteiger partial charge in [-0.25, -0.2) is 0 Å². The van der Waals surface area contributed by atoms with E-state index < -0.39 is 24.9 Å². The quantitative estimate of drug-likeness (QED) is 0.810. The second-order valence-corrected chi connectivity index (χ2v) is 4.96. The number of aliphatic carboxylic acids is 1. The first-order chi connectivity index (χ1) is 11.4. The summed E-state index contributed by atoms with van der Waals surface area (Å²) >= 11 is 0. The van der Waals surface area contributed by atoms with E-state index in [0.717, 1.165) is 0 Å². The van der Waals surface area contributed by atoms with Gasteiger partial charge >= 0.3 is 12.6 Å². The van der Waals surface area contributed by atoms with E-state index in [0.29, 0.717) is 11.1 Å². The number of hydrogen-bond acceptors (Lipinski definition) is 4. The second kappa shape index (κ2) is 7.58. The van der Waals surface area contributed by atoms with Crippen molar-refractivity contribution >= 4 is 11.9 Å². The Morgan fingerprint density at radius 2 is 2.04 bits per heavy atom. The summed E-state index contributed by atoms with van der Waals surface area (Å²) in [6.07, 6.45) is 0.864. The maximum Gasteiger partial charge on any atom is 0.387 e. The van der Waals surface area contributed by atoms with Crippen LogP contribution in [0.3, 0.4) is 0 Å². The minimum absolute atomic E-state index is 0.0367. The van der Waals surface area contributed by atoms with Gasteiger partial charge in [0, 0.05) is 17.7 Å². The molecule has 0 unspecified atom stereocenters. The summed E-state index contributed by atoms with van der Waals surface area (Å²) in [5, 5.41) is 11.4. The van der Waals surface area contributed by atoms with Crippen LogP contribution in [0.5, 0.6) is 5.75 Å². The SMILES string of the molecule is Cc1coc(CC(=O)O)c1C(=O)NCc1ccccc1OC(F)F. The first-order valence-electron chi connectivity index (χ1n) is 6.98. The molecule has 0 aliphatic rings. The van der Waals surface area contributed by atoms with E-state index in [2.05, 4.69) is 10.1 Å². The third-order valence-corrected chi connectivity index (χ3v) is 3.22. The number of carbonyl (C=O) groups is 2. The Morgan fingerprint density at radius 1 is 1.33 bits per heavy atom. The Balaban J connectivity index is 2.12. The lowest BCUT2D eigenvalue weighted by molar-refractivity contribution is -0.136.